The van der Waals surface area contributed by atoms with E-state index in [4.69, 9.17) is 5.73 Å². The van der Waals surface area contributed by atoms with Crippen LogP contribution in [0.2, 0.25) is 0 Å². The Morgan fingerprint density at radius 3 is 2.86 bits per heavy atom. The summed E-state index contributed by atoms with van der Waals surface area (Å²) in [7, 11) is 0. The monoisotopic (exact) mass is 210 g/mol. The number of nitrogens with two attached hydrogens (primary N) is 1. The molecule has 2 N–H and O–H groups in total. The third-order valence-electron chi connectivity index (χ3n) is 1.60. The number of hydrogen-bond acceptors (Lipinski definition) is 5. The van der Waals surface area contributed by atoms with E-state index in [-0.39, 0.29) is 5.82 Å². The maximum Gasteiger partial charge on any atom is 0.203 e. The molecule has 2 heterocycles. The van der Waals surface area contributed by atoms with Crippen LogP contribution in [-0.2, 0) is 6.42 Å². The van der Waals surface area contributed by atoms with Crippen molar-refractivity contribution in [1.29, 1.82) is 0 Å². The first-order valence-corrected chi connectivity index (χ1v) is 4.73. The van der Waals surface area contributed by atoms with Crippen LogP contribution in [0.4, 0.5) is 9.52 Å². The molecular weight excluding hydrogens is 203 g/mol. The van der Waals surface area contributed by atoms with Gasteiger partial charge < -0.3 is 5.73 Å². The molecule has 0 saturated carbocycles. The van der Waals surface area contributed by atoms with Crippen molar-refractivity contribution in [3.05, 3.63) is 34.8 Å². The number of hydrogen-bond donors (Lipinski definition) is 1. The molecule has 0 aliphatic carbocycles. The highest BCUT2D eigenvalue weighted by Gasteiger charge is 2.03. The van der Waals surface area contributed by atoms with E-state index in [9.17, 15) is 4.39 Å². The molecule has 0 aromatic carbocycles. The van der Waals surface area contributed by atoms with Crippen molar-refractivity contribution < 1.29 is 4.39 Å². The van der Waals surface area contributed by atoms with Crippen LogP contribution in [0.3, 0.4) is 0 Å². The van der Waals surface area contributed by atoms with E-state index >= 15 is 0 Å². The summed E-state index contributed by atoms with van der Waals surface area (Å²) in [4.78, 5) is 3.74. The number of nitrogens with zero attached hydrogens (tertiary/aromatic N) is 3. The van der Waals surface area contributed by atoms with E-state index in [0.29, 0.717) is 11.6 Å². The molecule has 2 rings (SSSR count). The highest BCUT2D eigenvalue weighted by molar-refractivity contribution is 7.15. The number of nitrogen functional groups attached to an aromatic ring is 1. The first-order valence-electron chi connectivity index (χ1n) is 3.91. The van der Waals surface area contributed by atoms with Gasteiger partial charge in [0.1, 0.15) is 10.8 Å². The average molecular weight is 210 g/mol. The summed E-state index contributed by atoms with van der Waals surface area (Å²) >= 11 is 1.29. The topological polar surface area (TPSA) is 64.7 Å². The number of pyridine rings is 1. The van der Waals surface area contributed by atoms with Gasteiger partial charge in [-0.1, -0.05) is 11.3 Å². The number of halogens is 1. The van der Waals surface area contributed by atoms with Gasteiger partial charge in [0.05, 0.1) is 6.20 Å². The van der Waals surface area contributed by atoms with Crippen LogP contribution in [0.15, 0.2) is 18.5 Å². The second-order valence-electron chi connectivity index (χ2n) is 2.72. The molecule has 0 atom stereocenters. The van der Waals surface area contributed by atoms with Crippen molar-refractivity contribution in [3.8, 4) is 0 Å². The molecule has 0 aliphatic rings. The molecule has 2 aromatic rings. The highest BCUT2D eigenvalue weighted by atomic mass is 32.1. The normalized spacial score (nSPS) is 10.4. The Kier molecular flexibility index (Phi) is 2.36. The van der Waals surface area contributed by atoms with Gasteiger partial charge in [0.15, 0.2) is 0 Å². The zero-order chi connectivity index (χ0) is 9.97. The Balaban J connectivity index is 2.18. The lowest BCUT2D eigenvalue weighted by Crippen LogP contribution is -1.90. The Morgan fingerprint density at radius 1 is 1.36 bits per heavy atom. The molecule has 6 heteroatoms. The maximum atomic E-state index is 12.8. The van der Waals surface area contributed by atoms with Gasteiger partial charge in [0, 0.05) is 12.6 Å². The van der Waals surface area contributed by atoms with E-state index in [0.717, 1.165) is 16.8 Å². The Labute approximate surface area is 83.6 Å². The van der Waals surface area contributed by atoms with Gasteiger partial charge in [0.2, 0.25) is 5.13 Å². The minimum absolute atomic E-state index is 0.347. The molecular formula is C8H7FN4S. The van der Waals surface area contributed by atoms with E-state index in [2.05, 4.69) is 15.2 Å². The molecule has 4 nitrogen and oxygen atoms in total. The summed E-state index contributed by atoms with van der Waals surface area (Å²) in [5, 5.41) is 8.68. The molecule has 14 heavy (non-hydrogen) atoms. The summed E-state index contributed by atoms with van der Waals surface area (Å²) < 4.78 is 12.8. The van der Waals surface area contributed by atoms with Crippen LogP contribution in [0.25, 0.3) is 0 Å². The number of anilines is 1. The van der Waals surface area contributed by atoms with Gasteiger partial charge in [-0.15, -0.1) is 10.2 Å². The van der Waals surface area contributed by atoms with Gasteiger partial charge in [-0.3, -0.25) is 4.98 Å². The smallest absolute Gasteiger partial charge is 0.203 e. The lowest BCUT2D eigenvalue weighted by Gasteiger charge is -1.95. The van der Waals surface area contributed by atoms with Crippen molar-refractivity contribution in [2.75, 3.05) is 5.73 Å². The van der Waals surface area contributed by atoms with Crippen LogP contribution in [-0.4, -0.2) is 15.2 Å². The Bertz CT molecular complexity index is 442. The first kappa shape index (κ1) is 9.01. The molecule has 0 saturated heterocycles. The van der Waals surface area contributed by atoms with Gasteiger partial charge in [-0.05, 0) is 11.6 Å². The van der Waals surface area contributed by atoms with Crippen LogP contribution < -0.4 is 5.73 Å². The second-order valence-corrected chi connectivity index (χ2v) is 3.82. The molecule has 0 aliphatic heterocycles. The van der Waals surface area contributed by atoms with Gasteiger partial charge in [-0.25, -0.2) is 4.39 Å². The van der Waals surface area contributed by atoms with Crippen LogP contribution in [0, 0.1) is 5.82 Å². The zero-order valence-corrected chi connectivity index (χ0v) is 7.96. The Morgan fingerprint density at radius 2 is 2.21 bits per heavy atom. The van der Waals surface area contributed by atoms with E-state index in [1.165, 1.54) is 17.4 Å². The predicted octanol–water partition coefficient (Wildman–Crippen LogP) is 1.25. The summed E-state index contributed by atoms with van der Waals surface area (Å²) in [6.45, 7) is 0. The molecule has 0 radical (unpaired) electrons. The fraction of sp³-hybridized carbons (Fsp3) is 0.125. The second kappa shape index (κ2) is 3.67. The lowest BCUT2D eigenvalue weighted by atomic mass is 10.2. The molecule has 0 bridgehead atoms. The van der Waals surface area contributed by atoms with Gasteiger partial charge in [-0.2, -0.15) is 0 Å². The summed E-state index contributed by atoms with van der Waals surface area (Å²) in [6, 6.07) is 1.42. The average Bonchev–Trinajstić information content (AvgIpc) is 2.51. The van der Waals surface area contributed by atoms with Crippen molar-refractivity contribution in [2.45, 2.75) is 6.42 Å². The molecule has 72 valence electrons. The van der Waals surface area contributed by atoms with Crippen LogP contribution in [0.5, 0.6) is 0 Å². The summed E-state index contributed by atoms with van der Waals surface area (Å²) in [6.07, 6.45) is 3.28. The van der Waals surface area contributed by atoms with E-state index in [1.54, 1.807) is 6.20 Å². The minimum Gasteiger partial charge on any atom is -0.374 e. The Hall–Kier alpha value is -1.56. The highest BCUT2D eigenvalue weighted by Crippen LogP contribution is 2.15. The zero-order valence-electron chi connectivity index (χ0n) is 7.14. The number of rotatable bonds is 2. The summed E-state index contributed by atoms with van der Waals surface area (Å²) in [5.74, 6) is -0.347. The van der Waals surface area contributed by atoms with Crippen molar-refractivity contribution in [2.24, 2.45) is 0 Å². The standard InChI is InChI=1S/C8H7FN4S/c9-6-1-5(3-11-4-6)2-7-12-13-8(10)14-7/h1,3-4H,2H2,(H2,10,13). The predicted molar refractivity (Wildman–Crippen MR) is 51.3 cm³/mol. The number of aromatic nitrogens is 3. The quantitative estimate of drug-likeness (QED) is 0.810. The molecule has 0 amide bonds. The summed E-state index contributed by atoms with van der Waals surface area (Å²) in [5.41, 5.74) is 6.18. The molecule has 0 spiro atoms. The molecule has 0 fully saturated rings. The van der Waals surface area contributed by atoms with Crippen molar-refractivity contribution in [1.82, 2.24) is 15.2 Å². The van der Waals surface area contributed by atoms with E-state index < -0.39 is 0 Å². The van der Waals surface area contributed by atoms with E-state index in [1.807, 2.05) is 0 Å². The third-order valence-corrected chi connectivity index (χ3v) is 2.35. The maximum absolute atomic E-state index is 12.8. The third kappa shape index (κ3) is 2.02. The van der Waals surface area contributed by atoms with Gasteiger partial charge >= 0.3 is 0 Å². The molecule has 2 aromatic heterocycles. The van der Waals surface area contributed by atoms with Crippen LogP contribution >= 0.6 is 11.3 Å². The van der Waals surface area contributed by atoms with Gasteiger partial charge in [0.25, 0.3) is 0 Å². The minimum atomic E-state index is -0.347. The lowest BCUT2D eigenvalue weighted by molar-refractivity contribution is 0.619. The van der Waals surface area contributed by atoms with Crippen LogP contribution in [0.1, 0.15) is 10.6 Å². The largest absolute Gasteiger partial charge is 0.374 e. The first-order chi connectivity index (χ1) is 6.74. The van der Waals surface area contributed by atoms with Crippen molar-refractivity contribution >= 4 is 16.5 Å². The fourth-order valence-corrected chi connectivity index (χ4v) is 1.71. The fourth-order valence-electron chi connectivity index (χ4n) is 1.07. The SMILES string of the molecule is Nc1nnc(Cc2cncc(F)c2)s1. The molecule has 0 unspecified atom stereocenters. The van der Waals surface area contributed by atoms with Crippen molar-refractivity contribution in [3.63, 3.8) is 0 Å².